The Bertz CT molecular complexity index is 920. The topological polar surface area (TPSA) is 76.0 Å². The second-order valence-corrected chi connectivity index (χ2v) is 6.66. The zero-order valence-electron chi connectivity index (χ0n) is 14.7. The van der Waals surface area contributed by atoms with Gasteiger partial charge in [-0.15, -0.1) is 11.3 Å². The molecule has 1 heterocycles. The summed E-state index contributed by atoms with van der Waals surface area (Å²) in [5.41, 5.74) is 5.70. The monoisotopic (exact) mass is 369 g/mol. The van der Waals surface area contributed by atoms with Crippen LogP contribution >= 0.6 is 11.3 Å². The van der Waals surface area contributed by atoms with Gasteiger partial charge in [0.15, 0.2) is 11.5 Å². The minimum Gasteiger partial charge on any atom is -0.504 e. The number of phenolic OH excluding ortho intramolecular Hbond substituents is 1. The number of rotatable bonds is 6. The Labute approximate surface area is 155 Å². The van der Waals surface area contributed by atoms with Crippen molar-refractivity contribution < 1.29 is 14.6 Å². The standard InChI is InChI=1S/C19H19N3O3S/c1-12-18(14-5-7-15(24-2)8-6-14)21-19(26-12)22-20-11-13-4-9-16(23)17(10-13)25-3/h4-11,23H,1-3H3,(H,21,22). The van der Waals surface area contributed by atoms with Crippen molar-refractivity contribution >= 4 is 22.7 Å². The molecule has 0 aliphatic heterocycles. The van der Waals surface area contributed by atoms with E-state index in [1.165, 1.54) is 18.4 Å². The average Bonchev–Trinajstić information content (AvgIpc) is 3.03. The molecule has 0 amide bonds. The average molecular weight is 369 g/mol. The van der Waals surface area contributed by atoms with Gasteiger partial charge in [-0.3, -0.25) is 5.43 Å². The number of hydrogen-bond acceptors (Lipinski definition) is 7. The summed E-state index contributed by atoms with van der Waals surface area (Å²) < 4.78 is 10.3. The van der Waals surface area contributed by atoms with E-state index in [0.717, 1.165) is 27.4 Å². The van der Waals surface area contributed by atoms with Crippen LogP contribution in [-0.4, -0.2) is 30.5 Å². The van der Waals surface area contributed by atoms with Crippen molar-refractivity contribution in [1.82, 2.24) is 4.98 Å². The number of aromatic nitrogens is 1. The number of methoxy groups -OCH3 is 2. The number of benzene rings is 2. The fourth-order valence-corrected chi connectivity index (χ4v) is 3.18. The van der Waals surface area contributed by atoms with E-state index in [4.69, 9.17) is 9.47 Å². The van der Waals surface area contributed by atoms with Crippen molar-refractivity contribution in [1.29, 1.82) is 0 Å². The van der Waals surface area contributed by atoms with E-state index >= 15 is 0 Å². The Hall–Kier alpha value is -3.06. The van der Waals surface area contributed by atoms with Gasteiger partial charge in [-0.05, 0) is 55.0 Å². The molecule has 3 rings (SSSR count). The van der Waals surface area contributed by atoms with Gasteiger partial charge < -0.3 is 14.6 Å². The van der Waals surface area contributed by atoms with Crippen LogP contribution in [0.2, 0.25) is 0 Å². The van der Waals surface area contributed by atoms with Gasteiger partial charge in [0.25, 0.3) is 0 Å². The quantitative estimate of drug-likeness (QED) is 0.501. The van der Waals surface area contributed by atoms with E-state index in [9.17, 15) is 5.11 Å². The maximum absolute atomic E-state index is 9.61. The van der Waals surface area contributed by atoms with Crippen molar-refractivity contribution in [2.45, 2.75) is 6.92 Å². The summed E-state index contributed by atoms with van der Waals surface area (Å²) in [6.07, 6.45) is 1.64. The largest absolute Gasteiger partial charge is 0.504 e. The van der Waals surface area contributed by atoms with Crippen LogP contribution in [0.5, 0.6) is 17.2 Å². The van der Waals surface area contributed by atoms with E-state index < -0.39 is 0 Å². The summed E-state index contributed by atoms with van der Waals surface area (Å²) in [6, 6.07) is 12.8. The van der Waals surface area contributed by atoms with Gasteiger partial charge in [0.1, 0.15) is 5.75 Å². The third-order valence-electron chi connectivity index (χ3n) is 3.74. The molecule has 0 fully saturated rings. The molecule has 0 bridgehead atoms. The number of nitrogens with zero attached hydrogens (tertiary/aromatic N) is 2. The Balaban J connectivity index is 1.73. The minimum absolute atomic E-state index is 0.0947. The molecule has 134 valence electrons. The van der Waals surface area contributed by atoms with Crippen molar-refractivity contribution in [3.63, 3.8) is 0 Å². The van der Waals surface area contributed by atoms with Crippen LogP contribution in [-0.2, 0) is 0 Å². The van der Waals surface area contributed by atoms with E-state index in [1.54, 1.807) is 31.5 Å². The molecule has 1 aromatic heterocycles. The molecule has 3 aromatic rings. The van der Waals surface area contributed by atoms with Crippen LogP contribution in [0.3, 0.4) is 0 Å². The third kappa shape index (κ3) is 3.94. The van der Waals surface area contributed by atoms with Gasteiger partial charge in [0.2, 0.25) is 5.13 Å². The molecule has 0 saturated heterocycles. The first kappa shape index (κ1) is 17.8. The molecule has 0 unspecified atom stereocenters. The first-order valence-corrected chi connectivity index (χ1v) is 8.70. The second-order valence-electron chi connectivity index (χ2n) is 5.45. The third-order valence-corrected chi connectivity index (χ3v) is 4.61. The molecule has 2 N–H and O–H groups in total. The lowest BCUT2D eigenvalue weighted by molar-refractivity contribution is 0.373. The van der Waals surface area contributed by atoms with Crippen LogP contribution in [0.4, 0.5) is 5.13 Å². The molecule has 6 nitrogen and oxygen atoms in total. The number of hydrazone groups is 1. The molecule has 0 aliphatic rings. The highest BCUT2D eigenvalue weighted by Crippen LogP contribution is 2.31. The molecule has 0 spiro atoms. The second kappa shape index (κ2) is 7.88. The highest BCUT2D eigenvalue weighted by Gasteiger charge is 2.09. The summed E-state index contributed by atoms with van der Waals surface area (Å²) in [6.45, 7) is 2.02. The molecule has 2 aromatic carbocycles. The Morgan fingerprint density at radius 3 is 2.58 bits per heavy atom. The SMILES string of the molecule is COc1ccc(-c2nc(NN=Cc3ccc(O)c(OC)c3)sc2C)cc1. The van der Waals surface area contributed by atoms with Crippen molar-refractivity contribution in [2.75, 3.05) is 19.6 Å². The smallest absolute Gasteiger partial charge is 0.204 e. The molecule has 0 radical (unpaired) electrons. The van der Waals surface area contributed by atoms with E-state index in [-0.39, 0.29) is 5.75 Å². The zero-order valence-corrected chi connectivity index (χ0v) is 15.5. The first-order valence-electron chi connectivity index (χ1n) is 7.88. The van der Waals surface area contributed by atoms with E-state index in [1.807, 2.05) is 31.2 Å². The molecular formula is C19H19N3O3S. The Kier molecular flexibility index (Phi) is 5.38. The maximum Gasteiger partial charge on any atom is 0.204 e. The van der Waals surface area contributed by atoms with E-state index in [0.29, 0.717) is 10.9 Å². The predicted octanol–water partition coefficient (Wildman–Crippen LogP) is 4.29. The number of aryl methyl sites for hydroxylation is 1. The molecular weight excluding hydrogens is 350 g/mol. The van der Waals surface area contributed by atoms with Crippen molar-refractivity contribution in [3.8, 4) is 28.5 Å². The van der Waals surface area contributed by atoms with Crippen LogP contribution < -0.4 is 14.9 Å². The molecule has 0 saturated carbocycles. The fraction of sp³-hybridized carbons (Fsp3) is 0.158. The minimum atomic E-state index is 0.0947. The number of hydrogen-bond donors (Lipinski definition) is 2. The van der Waals surface area contributed by atoms with E-state index in [2.05, 4.69) is 15.5 Å². The van der Waals surface area contributed by atoms with Gasteiger partial charge in [-0.2, -0.15) is 5.10 Å². The molecule has 0 aliphatic carbocycles. The molecule has 7 heteroatoms. The number of aromatic hydroxyl groups is 1. The summed E-state index contributed by atoms with van der Waals surface area (Å²) in [5.74, 6) is 1.31. The van der Waals surface area contributed by atoms with Gasteiger partial charge in [-0.1, -0.05) is 0 Å². The fourth-order valence-electron chi connectivity index (χ4n) is 2.40. The summed E-state index contributed by atoms with van der Waals surface area (Å²) in [4.78, 5) is 5.70. The van der Waals surface area contributed by atoms with Crippen LogP contribution in [0, 0.1) is 6.92 Å². The van der Waals surface area contributed by atoms with Crippen molar-refractivity contribution in [3.05, 3.63) is 52.9 Å². The zero-order chi connectivity index (χ0) is 18.5. The number of phenols is 1. The Morgan fingerprint density at radius 2 is 1.88 bits per heavy atom. The molecule has 26 heavy (non-hydrogen) atoms. The lowest BCUT2D eigenvalue weighted by Crippen LogP contribution is -1.91. The van der Waals surface area contributed by atoms with Crippen LogP contribution in [0.1, 0.15) is 10.4 Å². The summed E-state index contributed by atoms with van der Waals surface area (Å²) >= 11 is 1.53. The Morgan fingerprint density at radius 1 is 1.12 bits per heavy atom. The lowest BCUT2D eigenvalue weighted by Gasteiger charge is -2.03. The molecule has 0 atom stereocenters. The highest BCUT2D eigenvalue weighted by molar-refractivity contribution is 7.15. The maximum atomic E-state index is 9.61. The van der Waals surface area contributed by atoms with Gasteiger partial charge in [0, 0.05) is 10.4 Å². The van der Waals surface area contributed by atoms with Crippen LogP contribution in [0.15, 0.2) is 47.6 Å². The predicted molar refractivity (Wildman–Crippen MR) is 105 cm³/mol. The number of ether oxygens (including phenoxy) is 2. The number of thiazole rings is 1. The first-order chi connectivity index (χ1) is 12.6. The van der Waals surface area contributed by atoms with Crippen molar-refractivity contribution in [2.24, 2.45) is 5.10 Å². The van der Waals surface area contributed by atoms with Crippen LogP contribution in [0.25, 0.3) is 11.3 Å². The number of nitrogens with one attached hydrogen (secondary N) is 1. The van der Waals surface area contributed by atoms with Gasteiger partial charge >= 0.3 is 0 Å². The summed E-state index contributed by atoms with van der Waals surface area (Å²) in [7, 11) is 3.15. The highest BCUT2D eigenvalue weighted by atomic mass is 32.1. The van der Waals surface area contributed by atoms with Gasteiger partial charge in [-0.25, -0.2) is 4.98 Å². The number of anilines is 1. The lowest BCUT2D eigenvalue weighted by atomic mass is 10.1. The summed E-state index contributed by atoms with van der Waals surface area (Å²) in [5, 5.41) is 14.5. The van der Waals surface area contributed by atoms with Gasteiger partial charge in [0.05, 0.1) is 26.1 Å². The normalized spacial score (nSPS) is 10.9.